The summed E-state index contributed by atoms with van der Waals surface area (Å²) in [6.45, 7) is 4.21. The molecule has 0 saturated heterocycles. The molecule has 1 aromatic rings. The zero-order valence-corrected chi connectivity index (χ0v) is 9.86. The van der Waals surface area contributed by atoms with Crippen LogP contribution in [-0.2, 0) is 4.74 Å². The van der Waals surface area contributed by atoms with Crippen LogP contribution in [0.3, 0.4) is 0 Å². The van der Waals surface area contributed by atoms with Crippen molar-refractivity contribution in [2.24, 2.45) is 0 Å². The van der Waals surface area contributed by atoms with Gasteiger partial charge in [0.05, 0.1) is 7.11 Å². The number of carbonyl (C=O) groups is 1. The molecule has 1 N–H and O–H groups in total. The summed E-state index contributed by atoms with van der Waals surface area (Å²) in [5, 5.41) is 10.9. The molecule has 5 heteroatoms. The summed E-state index contributed by atoms with van der Waals surface area (Å²) in [5.74, 6) is 0.203. The first-order valence-electron chi connectivity index (χ1n) is 5.36. The summed E-state index contributed by atoms with van der Waals surface area (Å²) in [7, 11) is 1.32. The Morgan fingerprint density at radius 1 is 1.50 bits per heavy atom. The predicted octanol–water partition coefficient (Wildman–Crippen LogP) is 1.86. The summed E-state index contributed by atoms with van der Waals surface area (Å²) < 4.78 is 4.53. The van der Waals surface area contributed by atoms with Gasteiger partial charge in [0.15, 0.2) is 5.69 Å². The zero-order chi connectivity index (χ0) is 12.0. The third kappa shape index (κ3) is 3.49. The normalized spacial score (nSPS) is 11.9. The maximum atomic E-state index is 11.1. The number of ether oxygens (including phenoxy) is 1. The molecule has 0 bridgehead atoms. The molecule has 1 unspecified atom stereocenters. The van der Waals surface area contributed by atoms with E-state index in [0.717, 1.165) is 12.8 Å². The van der Waals surface area contributed by atoms with Gasteiger partial charge in [0.1, 0.15) is 5.82 Å². The Hall–Kier alpha value is -1.65. The minimum absolute atomic E-state index is 0.219. The van der Waals surface area contributed by atoms with Crippen molar-refractivity contribution in [3.63, 3.8) is 0 Å². The second kappa shape index (κ2) is 6.05. The highest BCUT2D eigenvalue weighted by Crippen LogP contribution is 2.07. The summed E-state index contributed by atoms with van der Waals surface area (Å²) in [6.07, 6.45) is 2.18. The van der Waals surface area contributed by atoms with Crippen LogP contribution in [0.4, 0.5) is 5.82 Å². The van der Waals surface area contributed by atoms with Crippen LogP contribution >= 0.6 is 0 Å². The molecule has 0 radical (unpaired) electrons. The number of hydrogen-bond acceptors (Lipinski definition) is 5. The van der Waals surface area contributed by atoms with E-state index in [0.29, 0.717) is 11.9 Å². The smallest absolute Gasteiger partial charge is 0.358 e. The lowest BCUT2D eigenvalue weighted by atomic mass is 10.2. The zero-order valence-electron chi connectivity index (χ0n) is 9.86. The minimum atomic E-state index is -0.472. The first-order valence-corrected chi connectivity index (χ1v) is 5.36. The lowest BCUT2D eigenvalue weighted by molar-refractivity contribution is 0.0593. The molecular formula is C11H17N3O2. The number of nitrogens with zero attached hydrogens (tertiary/aromatic N) is 2. The van der Waals surface area contributed by atoms with E-state index in [1.54, 1.807) is 12.1 Å². The highest BCUT2D eigenvalue weighted by Gasteiger charge is 2.08. The van der Waals surface area contributed by atoms with Gasteiger partial charge in [-0.1, -0.05) is 13.3 Å². The van der Waals surface area contributed by atoms with Crippen LogP contribution in [-0.4, -0.2) is 29.3 Å². The molecule has 0 amide bonds. The van der Waals surface area contributed by atoms with Crippen molar-refractivity contribution < 1.29 is 9.53 Å². The Morgan fingerprint density at radius 3 is 2.75 bits per heavy atom. The van der Waals surface area contributed by atoms with E-state index in [4.69, 9.17) is 0 Å². The molecule has 0 aliphatic heterocycles. The molecule has 0 aliphatic carbocycles. The van der Waals surface area contributed by atoms with Gasteiger partial charge in [0.25, 0.3) is 0 Å². The van der Waals surface area contributed by atoms with Gasteiger partial charge in [-0.2, -0.15) is 0 Å². The Kier molecular flexibility index (Phi) is 4.69. The van der Waals surface area contributed by atoms with Gasteiger partial charge in [-0.25, -0.2) is 4.79 Å². The monoisotopic (exact) mass is 223 g/mol. The van der Waals surface area contributed by atoms with Gasteiger partial charge >= 0.3 is 5.97 Å². The lowest BCUT2D eigenvalue weighted by Crippen LogP contribution is -2.16. The second-order valence-corrected chi connectivity index (χ2v) is 3.63. The van der Waals surface area contributed by atoms with Crippen molar-refractivity contribution >= 4 is 11.8 Å². The van der Waals surface area contributed by atoms with Crippen molar-refractivity contribution in [3.8, 4) is 0 Å². The number of carbonyl (C=O) groups excluding carboxylic acids is 1. The third-order valence-corrected chi connectivity index (χ3v) is 2.18. The van der Waals surface area contributed by atoms with Crippen molar-refractivity contribution in [2.45, 2.75) is 32.7 Å². The SMILES string of the molecule is CCCC(C)Nc1ccc(C(=O)OC)nn1. The molecule has 0 aromatic carbocycles. The number of esters is 1. The number of methoxy groups -OCH3 is 1. The van der Waals surface area contributed by atoms with Gasteiger partial charge < -0.3 is 10.1 Å². The Bertz CT molecular complexity index is 338. The van der Waals surface area contributed by atoms with E-state index in [9.17, 15) is 4.79 Å². The van der Waals surface area contributed by atoms with Crippen LogP contribution < -0.4 is 5.32 Å². The van der Waals surface area contributed by atoms with Crippen molar-refractivity contribution in [3.05, 3.63) is 17.8 Å². The number of hydrogen-bond donors (Lipinski definition) is 1. The van der Waals surface area contributed by atoms with Gasteiger partial charge in [-0.3, -0.25) is 0 Å². The average molecular weight is 223 g/mol. The molecule has 1 atom stereocenters. The summed E-state index contributed by atoms with van der Waals surface area (Å²) in [4.78, 5) is 11.1. The van der Waals surface area contributed by atoms with Crippen molar-refractivity contribution in [1.29, 1.82) is 0 Å². The summed E-state index contributed by atoms with van der Waals surface area (Å²) >= 11 is 0. The van der Waals surface area contributed by atoms with Crippen LogP contribution in [0, 0.1) is 0 Å². The molecule has 88 valence electrons. The Labute approximate surface area is 95.2 Å². The van der Waals surface area contributed by atoms with Crippen molar-refractivity contribution in [2.75, 3.05) is 12.4 Å². The minimum Gasteiger partial charge on any atom is -0.464 e. The van der Waals surface area contributed by atoms with E-state index in [1.165, 1.54) is 7.11 Å². The number of anilines is 1. The fourth-order valence-corrected chi connectivity index (χ4v) is 1.38. The van der Waals surface area contributed by atoms with Gasteiger partial charge in [-0.15, -0.1) is 10.2 Å². The van der Waals surface area contributed by atoms with Gasteiger partial charge in [0.2, 0.25) is 0 Å². The lowest BCUT2D eigenvalue weighted by Gasteiger charge is -2.12. The van der Waals surface area contributed by atoms with E-state index in [-0.39, 0.29) is 5.69 Å². The molecule has 1 heterocycles. The largest absolute Gasteiger partial charge is 0.464 e. The van der Waals surface area contributed by atoms with Crippen LogP contribution in [0.2, 0.25) is 0 Å². The van der Waals surface area contributed by atoms with E-state index < -0.39 is 5.97 Å². The molecule has 16 heavy (non-hydrogen) atoms. The van der Waals surface area contributed by atoms with Crippen molar-refractivity contribution in [1.82, 2.24) is 10.2 Å². The first-order chi connectivity index (χ1) is 7.67. The topological polar surface area (TPSA) is 64.1 Å². The maximum absolute atomic E-state index is 11.1. The summed E-state index contributed by atoms with van der Waals surface area (Å²) in [6, 6.07) is 3.67. The molecule has 1 rings (SSSR count). The molecule has 1 aromatic heterocycles. The quantitative estimate of drug-likeness (QED) is 0.772. The Balaban J connectivity index is 2.61. The molecule has 0 saturated carbocycles. The number of rotatable bonds is 5. The van der Waals surface area contributed by atoms with E-state index >= 15 is 0 Å². The van der Waals surface area contributed by atoms with Crippen LogP contribution in [0.15, 0.2) is 12.1 Å². The maximum Gasteiger partial charge on any atom is 0.358 e. The standard InChI is InChI=1S/C11H17N3O2/c1-4-5-8(2)12-10-7-6-9(13-14-10)11(15)16-3/h6-8H,4-5H2,1-3H3,(H,12,14). The molecule has 0 spiro atoms. The molecule has 0 aliphatic rings. The molecular weight excluding hydrogens is 206 g/mol. The molecule has 5 nitrogen and oxygen atoms in total. The van der Waals surface area contributed by atoms with E-state index in [1.807, 2.05) is 0 Å². The van der Waals surface area contributed by atoms with Crippen LogP contribution in [0.1, 0.15) is 37.2 Å². The first kappa shape index (κ1) is 12.4. The third-order valence-electron chi connectivity index (χ3n) is 2.18. The van der Waals surface area contributed by atoms with Gasteiger partial charge in [-0.05, 0) is 25.5 Å². The van der Waals surface area contributed by atoms with E-state index in [2.05, 4.69) is 34.1 Å². The number of nitrogens with one attached hydrogen (secondary N) is 1. The molecule has 0 fully saturated rings. The average Bonchev–Trinajstić information content (AvgIpc) is 2.29. The van der Waals surface area contributed by atoms with Gasteiger partial charge in [0, 0.05) is 6.04 Å². The second-order valence-electron chi connectivity index (χ2n) is 3.63. The summed E-state index contributed by atoms with van der Waals surface area (Å²) in [5.41, 5.74) is 0.219. The number of aromatic nitrogens is 2. The fraction of sp³-hybridized carbons (Fsp3) is 0.545. The predicted molar refractivity (Wildman–Crippen MR) is 61.4 cm³/mol. The highest BCUT2D eigenvalue weighted by atomic mass is 16.5. The van der Waals surface area contributed by atoms with Crippen LogP contribution in [0.5, 0.6) is 0 Å². The van der Waals surface area contributed by atoms with Crippen LogP contribution in [0.25, 0.3) is 0 Å². The highest BCUT2D eigenvalue weighted by molar-refractivity contribution is 5.86. The fourth-order valence-electron chi connectivity index (χ4n) is 1.38. The Morgan fingerprint density at radius 2 is 2.25 bits per heavy atom.